The predicted octanol–water partition coefficient (Wildman–Crippen LogP) is 3.13. The quantitative estimate of drug-likeness (QED) is 0.421. The fraction of sp³-hybridized carbons (Fsp3) is 0.520. The van der Waals surface area contributed by atoms with Gasteiger partial charge in [-0.3, -0.25) is 9.59 Å². The molecule has 0 unspecified atom stereocenters. The van der Waals surface area contributed by atoms with E-state index in [9.17, 15) is 9.59 Å². The van der Waals surface area contributed by atoms with Crippen molar-refractivity contribution in [2.24, 2.45) is 7.05 Å². The molecule has 0 fully saturated rings. The maximum absolute atomic E-state index is 13.3. The number of amides is 2. The smallest absolute Gasteiger partial charge is 0.254 e. The molecule has 0 radical (unpaired) electrons. The number of methoxy groups -OCH3 is 1. The zero-order valence-corrected chi connectivity index (χ0v) is 19.9. The highest BCUT2D eigenvalue weighted by atomic mass is 16.5. The summed E-state index contributed by atoms with van der Waals surface area (Å²) in [6.45, 7) is 7.07. The number of hydrogen-bond donors (Lipinski definition) is 0. The van der Waals surface area contributed by atoms with E-state index in [4.69, 9.17) is 9.47 Å². The number of ether oxygens (including phenoxy) is 2. The van der Waals surface area contributed by atoms with Gasteiger partial charge in [0.15, 0.2) is 0 Å². The van der Waals surface area contributed by atoms with E-state index in [1.807, 2.05) is 61.1 Å². The Morgan fingerprint density at radius 3 is 2.34 bits per heavy atom. The van der Waals surface area contributed by atoms with Crippen LogP contribution in [-0.4, -0.2) is 72.7 Å². The second-order valence-corrected chi connectivity index (χ2v) is 7.75. The molecule has 0 spiro atoms. The van der Waals surface area contributed by atoms with E-state index in [0.717, 1.165) is 12.1 Å². The molecule has 32 heavy (non-hydrogen) atoms. The van der Waals surface area contributed by atoms with E-state index in [1.54, 1.807) is 16.9 Å². The van der Waals surface area contributed by atoms with E-state index < -0.39 is 0 Å². The van der Waals surface area contributed by atoms with Crippen LogP contribution < -0.4 is 0 Å². The number of rotatable bonds is 14. The van der Waals surface area contributed by atoms with Crippen molar-refractivity contribution in [3.63, 3.8) is 0 Å². The number of hydrogen-bond acceptors (Lipinski definition) is 4. The number of carbonyl (C=O) groups excluding carboxylic acids is 2. The molecule has 0 N–H and O–H groups in total. The Morgan fingerprint density at radius 2 is 1.75 bits per heavy atom. The van der Waals surface area contributed by atoms with E-state index >= 15 is 0 Å². The van der Waals surface area contributed by atoms with Gasteiger partial charge in [0.25, 0.3) is 5.91 Å². The summed E-state index contributed by atoms with van der Waals surface area (Å²) in [5.41, 5.74) is 2.80. The van der Waals surface area contributed by atoms with Gasteiger partial charge in [-0.2, -0.15) is 0 Å². The highest BCUT2D eigenvalue weighted by Gasteiger charge is 2.23. The third-order valence-corrected chi connectivity index (χ3v) is 5.47. The van der Waals surface area contributed by atoms with Crippen LogP contribution in [-0.2, 0) is 34.3 Å². The van der Waals surface area contributed by atoms with Crippen molar-refractivity contribution in [1.82, 2.24) is 14.4 Å². The van der Waals surface area contributed by atoms with Crippen molar-refractivity contribution in [3.8, 4) is 0 Å². The van der Waals surface area contributed by atoms with Gasteiger partial charge in [-0.1, -0.05) is 19.1 Å². The minimum absolute atomic E-state index is 0.0224. The Labute approximate surface area is 191 Å². The van der Waals surface area contributed by atoms with Crippen molar-refractivity contribution >= 4 is 11.8 Å². The molecule has 7 nitrogen and oxygen atoms in total. The fourth-order valence-corrected chi connectivity index (χ4v) is 3.43. The van der Waals surface area contributed by atoms with Crippen LogP contribution in [0.15, 0.2) is 42.6 Å². The maximum atomic E-state index is 13.3. The second kappa shape index (κ2) is 13.7. The Hall–Kier alpha value is -2.64. The molecule has 7 heteroatoms. The van der Waals surface area contributed by atoms with Gasteiger partial charge in [-0.15, -0.1) is 0 Å². The summed E-state index contributed by atoms with van der Waals surface area (Å²) < 4.78 is 12.6. The SMILES string of the molecule is CCOCCCN(CC(=O)N(CCOC)Cc1cccn1C)C(=O)c1ccc(CC)cc1. The Morgan fingerprint density at radius 1 is 1.00 bits per heavy atom. The average Bonchev–Trinajstić information content (AvgIpc) is 3.22. The lowest BCUT2D eigenvalue weighted by Crippen LogP contribution is -2.44. The average molecular weight is 444 g/mol. The van der Waals surface area contributed by atoms with Crippen molar-refractivity contribution in [1.29, 1.82) is 0 Å². The van der Waals surface area contributed by atoms with Crippen LogP contribution >= 0.6 is 0 Å². The highest BCUT2D eigenvalue weighted by Crippen LogP contribution is 2.11. The molecule has 0 aliphatic heterocycles. The molecule has 0 saturated heterocycles. The first-order valence-electron chi connectivity index (χ1n) is 11.3. The van der Waals surface area contributed by atoms with Crippen LogP contribution in [0, 0.1) is 0 Å². The normalized spacial score (nSPS) is 10.9. The summed E-state index contributed by atoms with van der Waals surface area (Å²) in [7, 11) is 3.58. The molecule has 1 heterocycles. The molecule has 1 aromatic carbocycles. The first-order chi connectivity index (χ1) is 15.5. The molecular formula is C25H37N3O4. The van der Waals surface area contributed by atoms with Crippen molar-refractivity contribution < 1.29 is 19.1 Å². The van der Waals surface area contributed by atoms with E-state index in [-0.39, 0.29) is 18.4 Å². The lowest BCUT2D eigenvalue weighted by molar-refractivity contribution is -0.133. The largest absolute Gasteiger partial charge is 0.383 e. The molecule has 2 aromatic rings. The Balaban J connectivity index is 2.15. The fourth-order valence-electron chi connectivity index (χ4n) is 3.43. The second-order valence-electron chi connectivity index (χ2n) is 7.75. The summed E-state index contributed by atoms with van der Waals surface area (Å²) in [5, 5.41) is 0. The van der Waals surface area contributed by atoms with Crippen LogP contribution in [0.2, 0.25) is 0 Å². The molecule has 2 rings (SSSR count). The van der Waals surface area contributed by atoms with Crippen LogP contribution in [0.3, 0.4) is 0 Å². The van der Waals surface area contributed by atoms with E-state index in [1.165, 1.54) is 5.56 Å². The molecule has 0 aliphatic rings. The van der Waals surface area contributed by atoms with Gasteiger partial charge in [0.1, 0.15) is 6.54 Å². The molecule has 0 aliphatic carbocycles. The highest BCUT2D eigenvalue weighted by molar-refractivity contribution is 5.96. The topological polar surface area (TPSA) is 64.0 Å². The van der Waals surface area contributed by atoms with Gasteiger partial charge in [0.05, 0.1) is 13.2 Å². The van der Waals surface area contributed by atoms with Crippen LogP contribution in [0.1, 0.15) is 41.9 Å². The summed E-state index contributed by atoms with van der Waals surface area (Å²) in [4.78, 5) is 29.9. The third-order valence-electron chi connectivity index (χ3n) is 5.47. The summed E-state index contributed by atoms with van der Waals surface area (Å²) in [6.07, 6.45) is 3.55. The molecular weight excluding hydrogens is 406 g/mol. The predicted molar refractivity (Wildman–Crippen MR) is 126 cm³/mol. The van der Waals surface area contributed by atoms with E-state index in [2.05, 4.69) is 6.92 Å². The standard InChI is InChI=1S/C25H37N3O4/c1-5-21-10-12-22(13-11-21)25(30)28(15-8-17-32-6-2)20-24(29)27(16-18-31-4)19-23-9-7-14-26(23)3/h7,9-14H,5-6,8,15-20H2,1-4H3. The molecule has 0 atom stereocenters. The van der Waals surface area contributed by atoms with Crippen LogP contribution in [0.4, 0.5) is 0 Å². The lowest BCUT2D eigenvalue weighted by atomic mass is 10.1. The van der Waals surface area contributed by atoms with Crippen molar-refractivity contribution in [3.05, 3.63) is 59.4 Å². The monoisotopic (exact) mass is 443 g/mol. The van der Waals surface area contributed by atoms with Crippen molar-refractivity contribution in [2.45, 2.75) is 33.2 Å². The molecule has 176 valence electrons. The number of carbonyl (C=O) groups is 2. The Bertz CT molecular complexity index is 832. The summed E-state index contributed by atoms with van der Waals surface area (Å²) >= 11 is 0. The van der Waals surface area contributed by atoms with Gasteiger partial charge in [-0.25, -0.2) is 0 Å². The molecule has 1 aromatic heterocycles. The zero-order valence-electron chi connectivity index (χ0n) is 19.9. The summed E-state index contributed by atoms with van der Waals surface area (Å²) in [5.74, 6) is -0.235. The maximum Gasteiger partial charge on any atom is 0.254 e. The molecule has 2 amide bonds. The lowest BCUT2D eigenvalue weighted by Gasteiger charge is -2.28. The Kier molecular flexibility index (Phi) is 11.0. The van der Waals surface area contributed by atoms with Gasteiger partial charge in [0.2, 0.25) is 5.91 Å². The molecule has 0 bridgehead atoms. The van der Waals surface area contributed by atoms with E-state index in [0.29, 0.717) is 51.4 Å². The first-order valence-corrected chi connectivity index (χ1v) is 11.3. The van der Waals surface area contributed by atoms with Gasteiger partial charge in [0, 0.05) is 57.9 Å². The van der Waals surface area contributed by atoms with Gasteiger partial charge < -0.3 is 23.8 Å². The molecule has 0 saturated carbocycles. The third kappa shape index (κ3) is 7.80. The minimum Gasteiger partial charge on any atom is -0.383 e. The van der Waals surface area contributed by atoms with Gasteiger partial charge >= 0.3 is 0 Å². The van der Waals surface area contributed by atoms with Gasteiger partial charge in [-0.05, 0) is 49.6 Å². The number of nitrogens with zero attached hydrogens (tertiary/aromatic N) is 3. The van der Waals surface area contributed by atoms with Crippen LogP contribution in [0.25, 0.3) is 0 Å². The zero-order chi connectivity index (χ0) is 23.3. The van der Waals surface area contributed by atoms with Crippen LogP contribution in [0.5, 0.6) is 0 Å². The first kappa shape index (κ1) is 25.6. The summed E-state index contributed by atoms with van der Waals surface area (Å²) in [6, 6.07) is 11.6. The number of aromatic nitrogens is 1. The number of benzene rings is 1. The van der Waals surface area contributed by atoms with Crippen molar-refractivity contribution in [2.75, 3.05) is 46.6 Å². The minimum atomic E-state index is -0.136. The number of aryl methyl sites for hydroxylation is 2.